The summed E-state index contributed by atoms with van der Waals surface area (Å²) < 4.78 is 6.71. The van der Waals surface area contributed by atoms with Crippen molar-refractivity contribution in [3.63, 3.8) is 0 Å². The SMILES string of the molecule is Cc1ccc(COc2ccc(/C=C3\C(=O)NC(=O)N(c4cc5c6c(c4)[C@H](c4ccccc4)CCN6CC[C@@H]5c4ccccc4)C3=O)cc2Br)cc1. The Bertz CT molecular complexity index is 2110. The summed E-state index contributed by atoms with van der Waals surface area (Å²) in [5.41, 5.74) is 8.93. The average Bonchev–Trinajstić information content (AvgIpc) is 3.14. The van der Waals surface area contributed by atoms with Gasteiger partial charge in [-0.2, -0.15) is 0 Å². The van der Waals surface area contributed by atoms with E-state index in [1.807, 2.05) is 55.5 Å². The third kappa shape index (κ3) is 6.36. The lowest BCUT2D eigenvalue weighted by Gasteiger charge is -2.44. The molecule has 0 aliphatic carbocycles. The zero-order valence-electron chi connectivity index (χ0n) is 28.1. The quantitative estimate of drug-likeness (QED) is 0.133. The maximum atomic E-state index is 14.3. The van der Waals surface area contributed by atoms with E-state index in [9.17, 15) is 14.4 Å². The van der Waals surface area contributed by atoms with Crippen LogP contribution in [0.25, 0.3) is 6.08 Å². The number of anilines is 2. The van der Waals surface area contributed by atoms with Crippen molar-refractivity contribution in [2.45, 2.75) is 38.2 Å². The van der Waals surface area contributed by atoms with E-state index in [0.717, 1.165) is 47.5 Å². The predicted molar refractivity (Wildman–Crippen MR) is 203 cm³/mol. The first-order chi connectivity index (χ1) is 24.8. The van der Waals surface area contributed by atoms with Crippen LogP contribution in [-0.2, 0) is 16.2 Å². The number of nitrogens with zero attached hydrogens (tertiary/aromatic N) is 2. The maximum absolute atomic E-state index is 14.3. The Morgan fingerprint density at radius 3 is 1.98 bits per heavy atom. The van der Waals surface area contributed by atoms with E-state index in [1.54, 1.807) is 18.2 Å². The zero-order chi connectivity index (χ0) is 35.1. The predicted octanol–water partition coefficient (Wildman–Crippen LogP) is 8.88. The molecule has 1 saturated heterocycles. The highest BCUT2D eigenvalue weighted by Crippen LogP contribution is 2.50. The van der Waals surface area contributed by atoms with E-state index in [0.29, 0.717) is 28.1 Å². The Hall–Kier alpha value is -5.47. The van der Waals surface area contributed by atoms with Crippen LogP contribution in [0.3, 0.4) is 0 Å². The molecule has 0 unspecified atom stereocenters. The second-order valence-electron chi connectivity index (χ2n) is 13.4. The van der Waals surface area contributed by atoms with Gasteiger partial charge in [0.25, 0.3) is 11.8 Å². The van der Waals surface area contributed by atoms with Crippen molar-refractivity contribution in [3.8, 4) is 5.75 Å². The molecule has 51 heavy (non-hydrogen) atoms. The normalized spacial score (nSPS) is 19.2. The smallest absolute Gasteiger partial charge is 0.335 e. The molecule has 5 aromatic rings. The van der Waals surface area contributed by atoms with Gasteiger partial charge in [0.15, 0.2) is 0 Å². The van der Waals surface area contributed by atoms with Crippen molar-refractivity contribution in [1.29, 1.82) is 0 Å². The van der Waals surface area contributed by atoms with Gasteiger partial charge in [0.1, 0.15) is 17.9 Å². The molecule has 0 bridgehead atoms. The summed E-state index contributed by atoms with van der Waals surface area (Å²) in [5.74, 6) is -0.578. The number of carbonyl (C=O) groups excluding carboxylic acids is 3. The third-order valence-corrected chi connectivity index (χ3v) is 10.8. The number of rotatable bonds is 7. The molecule has 3 aliphatic heterocycles. The molecule has 0 spiro atoms. The van der Waals surface area contributed by atoms with E-state index in [-0.39, 0.29) is 17.4 Å². The first-order valence-electron chi connectivity index (χ1n) is 17.3. The lowest BCUT2D eigenvalue weighted by Crippen LogP contribution is -2.54. The Labute approximate surface area is 305 Å². The van der Waals surface area contributed by atoms with Crippen molar-refractivity contribution in [2.75, 3.05) is 22.9 Å². The lowest BCUT2D eigenvalue weighted by atomic mass is 9.76. The summed E-state index contributed by atoms with van der Waals surface area (Å²) in [7, 11) is 0. The van der Waals surface area contributed by atoms with Crippen LogP contribution in [0.5, 0.6) is 5.75 Å². The molecular weight excluding hydrogens is 702 g/mol. The summed E-state index contributed by atoms with van der Waals surface area (Å²) in [6, 6.07) is 37.6. The van der Waals surface area contributed by atoms with Gasteiger partial charge in [0.05, 0.1) is 10.2 Å². The van der Waals surface area contributed by atoms with Crippen LogP contribution in [0.15, 0.2) is 125 Å². The number of imide groups is 2. The summed E-state index contributed by atoms with van der Waals surface area (Å²) in [4.78, 5) is 44.6. The highest BCUT2D eigenvalue weighted by molar-refractivity contribution is 9.10. The number of ether oxygens (including phenoxy) is 1. The van der Waals surface area contributed by atoms with E-state index in [1.165, 1.54) is 28.5 Å². The van der Waals surface area contributed by atoms with Gasteiger partial charge in [-0.1, -0.05) is 96.6 Å². The standard InChI is InChI=1S/C43H36BrN3O4/c1-27-12-14-28(15-13-27)26-51-39-17-16-29(23-38(39)44)22-37-41(48)45-43(50)47(42(37)49)32-24-35-33(30-8-4-2-5-9-30)18-20-46-21-19-34(36(25-32)40(35)46)31-10-6-3-7-11-31/h2-17,22-25,33-34H,18-21,26H2,1H3,(H,45,48,50)/b37-22+/t33-,34+. The molecule has 3 heterocycles. The monoisotopic (exact) mass is 737 g/mol. The number of hydrogen-bond donors (Lipinski definition) is 1. The van der Waals surface area contributed by atoms with Crippen molar-refractivity contribution in [2.24, 2.45) is 0 Å². The van der Waals surface area contributed by atoms with Crippen LogP contribution in [-0.4, -0.2) is 30.9 Å². The van der Waals surface area contributed by atoms with Crippen molar-refractivity contribution in [3.05, 3.63) is 164 Å². The van der Waals surface area contributed by atoms with Gasteiger partial charge in [-0.25, -0.2) is 9.69 Å². The van der Waals surface area contributed by atoms with Crippen LogP contribution in [0.2, 0.25) is 0 Å². The molecule has 254 valence electrons. The zero-order valence-corrected chi connectivity index (χ0v) is 29.7. The second-order valence-corrected chi connectivity index (χ2v) is 14.2. The number of nitrogens with one attached hydrogen (secondary N) is 1. The summed E-state index contributed by atoms with van der Waals surface area (Å²) in [6.45, 7) is 4.29. The molecule has 5 aromatic carbocycles. The van der Waals surface area contributed by atoms with Crippen LogP contribution < -0.4 is 19.9 Å². The van der Waals surface area contributed by atoms with Gasteiger partial charge in [0.2, 0.25) is 0 Å². The van der Waals surface area contributed by atoms with Gasteiger partial charge >= 0.3 is 6.03 Å². The first kappa shape index (κ1) is 32.7. The van der Waals surface area contributed by atoms with Crippen LogP contribution >= 0.6 is 15.9 Å². The number of carbonyl (C=O) groups is 3. The molecule has 2 atom stereocenters. The molecule has 7 nitrogen and oxygen atoms in total. The number of aryl methyl sites for hydroxylation is 1. The summed E-state index contributed by atoms with van der Waals surface area (Å²) >= 11 is 3.59. The Kier molecular flexibility index (Phi) is 8.78. The molecule has 0 aromatic heterocycles. The molecule has 0 saturated carbocycles. The molecular formula is C43H36BrN3O4. The van der Waals surface area contributed by atoms with Gasteiger partial charge in [0, 0.05) is 30.6 Å². The third-order valence-electron chi connectivity index (χ3n) is 10.1. The van der Waals surface area contributed by atoms with Gasteiger partial charge in [-0.3, -0.25) is 14.9 Å². The molecule has 8 rings (SSSR count). The topological polar surface area (TPSA) is 79.0 Å². The molecule has 1 fully saturated rings. The molecule has 0 radical (unpaired) electrons. The summed E-state index contributed by atoms with van der Waals surface area (Å²) in [5, 5.41) is 2.44. The molecule has 3 aliphatic rings. The fourth-order valence-electron chi connectivity index (χ4n) is 7.60. The maximum Gasteiger partial charge on any atom is 0.335 e. The number of barbiturate groups is 1. The minimum atomic E-state index is -0.758. The Morgan fingerprint density at radius 1 is 0.784 bits per heavy atom. The van der Waals surface area contributed by atoms with Crippen molar-refractivity contribution in [1.82, 2.24) is 5.32 Å². The number of amides is 4. The lowest BCUT2D eigenvalue weighted by molar-refractivity contribution is -0.122. The summed E-state index contributed by atoms with van der Waals surface area (Å²) in [6.07, 6.45) is 3.36. The number of halogens is 1. The first-order valence-corrected chi connectivity index (χ1v) is 18.1. The van der Waals surface area contributed by atoms with E-state index >= 15 is 0 Å². The van der Waals surface area contributed by atoms with Crippen molar-refractivity contribution < 1.29 is 19.1 Å². The highest BCUT2D eigenvalue weighted by atomic mass is 79.9. The molecule has 8 heteroatoms. The largest absolute Gasteiger partial charge is 0.488 e. The second kappa shape index (κ2) is 13.7. The fraction of sp³-hybridized carbons (Fsp3) is 0.186. The average molecular weight is 739 g/mol. The molecule has 4 amide bonds. The minimum absolute atomic E-state index is 0.0920. The van der Waals surface area contributed by atoms with E-state index < -0.39 is 17.8 Å². The minimum Gasteiger partial charge on any atom is -0.488 e. The van der Waals surface area contributed by atoms with Crippen LogP contribution in [0, 0.1) is 6.92 Å². The molecule has 1 N–H and O–H groups in total. The van der Waals surface area contributed by atoms with Crippen molar-refractivity contribution >= 4 is 51.2 Å². The van der Waals surface area contributed by atoms with Gasteiger partial charge in [-0.15, -0.1) is 0 Å². The van der Waals surface area contributed by atoms with Gasteiger partial charge in [-0.05, 0) is 99.4 Å². The number of hydrogen-bond acceptors (Lipinski definition) is 5. The van der Waals surface area contributed by atoms with Crippen LogP contribution in [0.4, 0.5) is 16.2 Å². The van der Waals surface area contributed by atoms with Gasteiger partial charge < -0.3 is 9.64 Å². The van der Waals surface area contributed by atoms with E-state index in [4.69, 9.17) is 4.74 Å². The van der Waals surface area contributed by atoms with E-state index in [2.05, 4.69) is 74.7 Å². The van der Waals surface area contributed by atoms with Crippen LogP contribution in [0.1, 0.15) is 63.6 Å². The Morgan fingerprint density at radius 2 is 1.39 bits per heavy atom. The fourth-order valence-corrected chi connectivity index (χ4v) is 8.11. The number of benzene rings is 5. The Balaban J connectivity index is 1.16. The number of urea groups is 1. The highest BCUT2D eigenvalue weighted by Gasteiger charge is 2.40.